The van der Waals surface area contributed by atoms with Crippen molar-refractivity contribution in [3.05, 3.63) is 60.8 Å². The maximum absolute atomic E-state index is 12.2. The van der Waals surface area contributed by atoms with Gasteiger partial charge in [-0.25, -0.2) is 4.99 Å². The second kappa shape index (κ2) is 7.53. The molecule has 2 unspecified atom stereocenters. The first-order valence-electron chi connectivity index (χ1n) is 9.43. The number of ether oxygens (including phenoxy) is 1. The van der Waals surface area contributed by atoms with Crippen LogP contribution >= 0.6 is 0 Å². The van der Waals surface area contributed by atoms with Gasteiger partial charge in [0.25, 0.3) is 10.1 Å². The number of hydrogen-bond donors (Lipinski definition) is 1. The van der Waals surface area contributed by atoms with E-state index in [9.17, 15) is 13.0 Å². The van der Waals surface area contributed by atoms with Crippen molar-refractivity contribution in [3.63, 3.8) is 0 Å². The number of benzene rings is 2. The molecule has 0 aromatic heterocycles. The van der Waals surface area contributed by atoms with Crippen LogP contribution in [-0.2, 0) is 10.1 Å². The Hall–Kier alpha value is -2.84. The lowest BCUT2D eigenvalue weighted by Crippen LogP contribution is -2.46. The number of amidine groups is 1. The second-order valence-corrected chi connectivity index (χ2v) is 8.76. The van der Waals surface area contributed by atoms with Gasteiger partial charge in [-0.1, -0.05) is 24.3 Å². The molecule has 0 aliphatic carbocycles. The summed E-state index contributed by atoms with van der Waals surface area (Å²) in [5, 5.41) is -1.12. The molecule has 152 valence electrons. The quantitative estimate of drug-likeness (QED) is 0.751. The maximum atomic E-state index is 12.2. The van der Waals surface area contributed by atoms with Crippen molar-refractivity contribution in [2.75, 3.05) is 18.5 Å². The number of anilines is 2. The first kappa shape index (κ1) is 19.5. The standard InChI is InChI=1S/C21H23N3O4S/c1-15-11-13-22-21(23(15)2)20(29(25,26)27)12-14-24-16-7-3-5-9-18(16)28-19-10-6-4-8-17(19)24/h3-11,13,15,20H,12,14H2,1-2H3,(H,25,26,27). The average Bonchev–Trinajstić information content (AvgIpc) is 2.69. The fraction of sp³-hybridized carbons (Fsp3) is 0.286. The van der Waals surface area contributed by atoms with E-state index in [2.05, 4.69) is 4.99 Å². The van der Waals surface area contributed by atoms with Crippen LogP contribution in [0, 0.1) is 0 Å². The van der Waals surface area contributed by atoms with Crippen molar-refractivity contribution >= 4 is 27.3 Å². The molecule has 7 nitrogen and oxygen atoms in total. The highest BCUT2D eigenvalue weighted by atomic mass is 32.2. The minimum Gasteiger partial charge on any atom is -0.453 e. The summed E-state index contributed by atoms with van der Waals surface area (Å²) in [6.45, 7) is 2.31. The molecule has 0 spiro atoms. The third kappa shape index (κ3) is 3.73. The summed E-state index contributed by atoms with van der Waals surface area (Å²) in [6, 6.07) is 15.2. The summed E-state index contributed by atoms with van der Waals surface area (Å²) < 4.78 is 40.4. The SMILES string of the molecule is CC1C=CN=C(C(CCN2c3ccccc3Oc3ccccc32)S(=O)(=O)O)N1C. The second-order valence-electron chi connectivity index (χ2n) is 7.16. The normalized spacial score (nSPS) is 19.1. The smallest absolute Gasteiger partial charge is 0.275 e. The molecule has 2 aliphatic heterocycles. The van der Waals surface area contributed by atoms with Gasteiger partial charge in [-0.05, 0) is 43.7 Å². The van der Waals surface area contributed by atoms with Crippen LogP contribution in [0.1, 0.15) is 13.3 Å². The van der Waals surface area contributed by atoms with Crippen LogP contribution in [0.3, 0.4) is 0 Å². The average molecular weight is 413 g/mol. The van der Waals surface area contributed by atoms with Crippen LogP contribution in [0.15, 0.2) is 65.8 Å². The minimum absolute atomic E-state index is 0.00316. The Balaban J connectivity index is 1.67. The molecule has 1 N–H and O–H groups in total. The van der Waals surface area contributed by atoms with Crippen molar-refractivity contribution in [2.45, 2.75) is 24.6 Å². The summed E-state index contributed by atoms with van der Waals surface area (Å²) in [5.74, 6) is 1.76. The Kier molecular flexibility index (Phi) is 5.06. The largest absolute Gasteiger partial charge is 0.453 e. The molecule has 2 heterocycles. The molecule has 0 saturated carbocycles. The van der Waals surface area contributed by atoms with Crippen molar-refractivity contribution in [3.8, 4) is 11.5 Å². The van der Waals surface area contributed by atoms with Gasteiger partial charge in [-0.2, -0.15) is 8.42 Å². The molecule has 0 amide bonds. The van der Waals surface area contributed by atoms with Crippen molar-refractivity contribution in [2.24, 2.45) is 4.99 Å². The summed E-state index contributed by atoms with van der Waals surface area (Å²) in [7, 11) is -2.56. The first-order valence-corrected chi connectivity index (χ1v) is 10.9. The van der Waals surface area contributed by atoms with Crippen LogP contribution in [0.25, 0.3) is 0 Å². The van der Waals surface area contributed by atoms with Gasteiger partial charge in [-0.15, -0.1) is 0 Å². The van der Waals surface area contributed by atoms with Crippen molar-refractivity contribution < 1.29 is 17.7 Å². The van der Waals surface area contributed by atoms with E-state index < -0.39 is 15.4 Å². The molecule has 2 atom stereocenters. The number of para-hydroxylation sites is 4. The van der Waals surface area contributed by atoms with Gasteiger partial charge in [0.05, 0.1) is 11.4 Å². The first-order chi connectivity index (χ1) is 13.9. The molecule has 2 aromatic rings. The number of fused-ring (bicyclic) bond motifs is 2. The third-order valence-corrected chi connectivity index (χ3v) is 6.50. The molecule has 4 rings (SSSR count). The maximum Gasteiger partial charge on any atom is 0.275 e. The van der Waals surface area contributed by atoms with E-state index in [1.807, 2.05) is 66.4 Å². The lowest BCUT2D eigenvalue weighted by molar-refractivity contribution is 0.423. The zero-order valence-corrected chi connectivity index (χ0v) is 17.1. The Morgan fingerprint density at radius 1 is 1.10 bits per heavy atom. The number of nitrogens with zero attached hydrogens (tertiary/aromatic N) is 3. The van der Waals surface area contributed by atoms with E-state index >= 15 is 0 Å². The summed E-state index contributed by atoms with van der Waals surface area (Å²) in [5.41, 5.74) is 1.71. The fourth-order valence-electron chi connectivity index (χ4n) is 3.66. The molecular formula is C21H23N3O4S. The van der Waals surface area contributed by atoms with Crippen LogP contribution in [0.5, 0.6) is 11.5 Å². The van der Waals surface area contributed by atoms with Crippen LogP contribution < -0.4 is 9.64 Å². The molecular weight excluding hydrogens is 390 g/mol. The topological polar surface area (TPSA) is 82.4 Å². The highest BCUT2D eigenvalue weighted by Crippen LogP contribution is 2.46. The van der Waals surface area contributed by atoms with Gasteiger partial charge in [-0.3, -0.25) is 4.55 Å². The molecule has 2 aromatic carbocycles. The van der Waals surface area contributed by atoms with Gasteiger partial charge in [0.15, 0.2) is 11.5 Å². The molecule has 0 fully saturated rings. The molecule has 0 radical (unpaired) electrons. The van der Waals surface area contributed by atoms with Crippen molar-refractivity contribution in [1.82, 2.24) is 4.90 Å². The Morgan fingerprint density at radius 2 is 1.69 bits per heavy atom. The van der Waals surface area contributed by atoms with Gasteiger partial charge in [0.1, 0.15) is 11.1 Å². The predicted molar refractivity (Wildman–Crippen MR) is 114 cm³/mol. The predicted octanol–water partition coefficient (Wildman–Crippen LogP) is 3.82. The minimum atomic E-state index is -4.34. The monoisotopic (exact) mass is 413 g/mol. The molecule has 8 heteroatoms. The van der Waals surface area contributed by atoms with E-state index in [0.29, 0.717) is 23.9 Å². The lowest BCUT2D eigenvalue weighted by Gasteiger charge is -2.35. The van der Waals surface area contributed by atoms with E-state index in [0.717, 1.165) is 11.4 Å². The van der Waals surface area contributed by atoms with Gasteiger partial charge in [0.2, 0.25) is 0 Å². The van der Waals surface area contributed by atoms with E-state index in [-0.39, 0.29) is 12.5 Å². The number of aliphatic imine (C=N–C) groups is 1. The van der Waals surface area contributed by atoms with Crippen LogP contribution in [0.2, 0.25) is 0 Å². The van der Waals surface area contributed by atoms with Gasteiger partial charge in [0, 0.05) is 25.8 Å². The highest BCUT2D eigenvalue weighted by molar-refractivity contribution is 7.87. The summed E-state index contributed by atoms with van der Waals surface area (Å²) >= 11 is 0. The van der Waals surface area contributed by atoms with E-state index in [1.165, 1.54) is 0 Å². The zero-order chi connectivity index (χ0) is 20.6. The van der Waals surface area contributed by atoms with Gasteiger partial charge < -0.3 is 14.5 Å². The summed E-state index contributed by atoms with van der Waals surface area (Å²) in [4.78, 5) is 8.06. The van der Waals surface area contributed by atoms with Crippen LogP contribution in [-0.4, -0.2) is 48.6 Å². The molecule has 0 bridgehead atoms. The third-order valence-electron chi connectivity index (χ3n) is 5.34. The Bertz CT molecular complexity index is 1040. The zero-order valence-electron chi connectivity index (χ0n) is 16.3. The number of rotatable bonds is 5. The number of likely N-dealkylation sites (N-methyl/N-ethyl adjacent to an activating group) is 1. The summed E-state index contributed by atoms with van der Waals surface area (Å²) in [6.07, 6.45) is 3.64. The molecule has 2 aliphatic rings. The Labute approximate surface area is 170 Å². The number of hydrogen-bond acceptors (Lipinski definition) is 6. The van der Waals surface area contributed by atoms with Crippen molar-refractivity contribution in [1.29, 1.82) is 0 Å². The Morgan fingerprint density at radius 3 is 2.28 bits per heavy atom. The fourth-order valence-corrected chi connectivity index (χ4v) is 4.56. The molecule has 29 heavy (non-hydrogen) atoms. The van der Waals surface area contributed by atoms with Gasteiger partial charge >= 0.3 is 0 Å². The molecule has 0 saturated heterocycles. The van der Waals surface area contributed by atoms with Crippen LogP contribution in [0.4, 0.5) is 11.4 Å². The lowest BCUT2D eigenvalue weighted by atomic mass is 10.1. The van der Waals surface area contributed by atoms with E-state index in [1.54, 1.807) is 18.1 Å². The van der Waals surface area contributed by atoms with E-state index in [4.69, 9.17) is 4.74 Å². The highest BCUT2D eigenvalue weighted by Gasteiger charge is 2.34.